The van der Waals surface area contributed by atoms with Gasteiger partial charge in [0, 0.05) is 24.0 Å². The molecule has 5 heteroatoms. The number of anilines is 1. The summed E-state index contributed by atoms with van der Waals surface area (Å²) in [5.74, 6) is 5.48. The Labute approximate surface area is 104 Å². The Bertz CT molecular complexity index is 582. The third-order valence-corrected chi connectivity index (χ3v) is 3.28. The fourth-order valence-electron chi connectivity index (χ4n) is 2.33. The van der Waals surface area contributed by atoms with Crippen molar-refractivity contribution in [2.75, 3.05) is 18.6 Å². The second-order valence-electron chi connectivity index (χ2n) is 4.46. The lowest BCUT2D eigenvalue weighted by atomic mass is 10.0. The molecule has 0 radical (unpaired) electrons. The normalized spacial score (nSPS) is 19.3. The van der Waals surface area contributed by atoms with Gasteiger partial charge in [0.25, 0.3) is 0 Å². The van der Waals surface area contributed by atoms with Crippen LogP contribution in [0, 0.1) is 5.82 Å². The highest BCUT2D eigenvalue weighted by molar-refractivity contribution is 5.83. The van der Waals surface area contributed by atoms with Crippen molar-refractivity contribution in [2.45, 2.75) is 12.3 Å². The van der Waals surface area contributed by atoms with Gasteiger partial charge in [-0.15, -0.1) is 0 Å². The largest absolute Gasteiger partial charge is 0.381 e. The first-order valence-electron chi connectivity index (χ1n) is 5.92. The van der Waals surface area contributed by atoms with Gasteiger partial charge >= 0.3 is 0 Å². The van der Waals surface area contributed by atoms with Crippen LogP contribution in [0.4, 0.5) is 10.1 Å². The van der Waals surface area contributed by atoms with Crippen LogP contribution in [-0.4, -0.2) is 18.2 Å². The number of nitrogens with two attached hydrogens (primary N) is 1. The number of nitrogen functional groups attached to an aromatic ring is 1. The lowest BCUT2D eigenvalue weighted by Gasteiger charge is -2.14. The summed E-state index contributed by atoms with van der Waals surface area (Å²) in [6.07, 6.45) is 0.919. The predicted octanol–water partition coefficient (Wildman–Crippen LogP) is 2.16. The van der Waals surface area contributed by atoms with E-state index in [0.717, 1.165) is 29.8 Å². The van der Waals surface area contributed by atoms with E-state index in [0.29, 0.717) is 12.1 Å². The van der Waals surface area contributed by atoms with Gasteiger partial charge in [0.15, 0.2) is 0 Å². The molecule has 1 atom stereocenters. The van der Waals surface area contributed by atoms with Crippen LogP contribution in [-0.2, 0) is 4.74 Å². The Balaban J connectivity index is 2.15. The SMILES string of the molecule is NNc1cc2ccc(F)cc2nc1C1CCOC1. The van der Waals surface area contributed by atoms with Gasteiger partial charge in [0.1, 0.15) is 5.82 Å². The molecule has 1 saturated heterocycles. The molecule has 3 N–H and O–H groups in total. The zero-order chi connectivity index (χ0) is 12.5. The third kappa shape index (κ3) is 1.91. The Morgan fingerprint density at radius 3 is 3.00 bits per heavy atom. The molecule has 0 bridgehead atoms. The topological polar surface area (TPSA) is 60.2 Å². The Morgan fingerprint density at radius 2 is 2.28 bits per heavy atom. The number of hydrogen-bond donors (Lipinski definition) is 2. The maximum atomic E-state index is 13.2. The Morgan fingerprint density at radius 1 is 1.39 bits per heavy atom. The van der Waals surface area contributed by atoms with Gasteiger partial charge < -0.3 is 10.2 Å². The third-order valence-electron chi connectivity index (χ3n) is 3.28. The average Bonchev–Trinajstić information content (AvgIpc) is 2.90. The number of pyridine rings is 1. The van der Waals surface area contributed by atoms with E-state index in [9.17, 15) is 4.39 Å². The number of nitrogens with zero attached hydrogens (tertiary/aromatic N) is 1. The second kappa shape index (κ2) is 4.51. The minimum absolute atomic E-state index is 0.226. The van der Waals surface area contributed by atoms with Crippen LogP contribution in [0.25, 0.3) is 10.9 Å². The molecule has 4 nitrogen and oxygen atoms in total. The van der Waals surface area contributed by atoms with E-state index in [4.69, 9.17) is 10.6 Å². The van der Waals surface area contributed by atoms with Crippen LogP contribution >= 0.6 is 0 Å². The molecule has 2 heterocycles. The summed E-state index contributed by atoms with van der Waals surface area (Å²) in [4.78, 5) is 4.53. The molecule has 0 spiro atoms. The Kier molecular flexibility index (Phi) is 2.85. The summed E-state index contributed by atoms with van der Waals surface area (Å²) >= 11 is 0. The molecule has 1 aliphatic rings. The number of hydrogen-bond acceptors (Lipinski definition) is 4. The minimum atomic E-state index is -0.280. The fraction of sp³-hybridized carbons (Fsp3) is 0.308. The van der Waals surface area contributed by atoms with E-state index in [1.165, 1.54) is 12.1 Å². The molecule has 1 aromatic carbocycles. The molecule has 94 valence electrons. The van der Waals surface area contributed by atoms with Gasteiger partial charge in [0.2, 0.25) is 0 Å². The number of hydrazine groups is 1. The van der Waals surface area contributed by atoms with Crippen LogP contribution in [0.3, 0.4) is 0 Å². The van der Waals surface area contributed by atoms with Crippen molar-refractivity contribution in [2.24, 2.45) is 5.84 Å². The van der Waals surface area contributed by atoms with Gasteiger partial charge in [-0.25, -0.2) is 4.39 Å². The van der Waals surface area contributed by atoms with Crippen molar-refractivity contribution in [3.05, 3.63) is 35.8 Å². The smallest absolute Gasteiger partial charge is 0.125 e. The number of nitrogens with one attached hydrogen (secondary N) is 1. The molecule has 0 saturated carbocycles. The van der Waals surface area contributed by atoms with Crippen molar-refractivity contribution in [3.63, 3.8) is 0 Å². The monoisotopic (exact) mass is 247 g/mol. The molecule has 1 unspecified atom stereocenters. The molecule has 2 aromatic rings. The van der Waals surface area contributed by atoms with Crippen LogP contribution in [0.2, 0.25) is 0 Å². The summed E-state index contributed by atoms with van der Waals surface area (Å²) in [5.41, 5.74) is 4.95. The summed E-state index contributed by atoms with van der Waals surface area (Å²) in [6.45, 7) is 1.38. The van der Waals surface area contributed by atoms with E-state index in [1.807, 2.05) is 6.07 Å². The van der Waals surface area contributed by atoms with Crippen LogP contribution < -0.4 is 11.3 Å². The number of rotatable bonds is 2. The average molecular weight is 247 g/mol. The highest BCUT2D eigenvalue weighted by Gasteiger charge is 2.22. The highest BCUT2D eigenvalue weighted by atomic mass is 19.1. The summed E-state index contributed by atoms with van der Waals surface area (Å²) < 4.78 is 18.6. The second-order valence-corrected chi connectivity index (χ2v) is 4.46. The molecular weight excluding hydrogens is 233 g/mol. The zero-order valence-electron chi connectivity index (χ0n) is 9.82. The maximum absolute atomic E-state index is 13.2. The first-order valence-corrected chi connectivity index (χ1v) is 5.92. The molecule has 1 fully saturated rings. The van der Waals surface area contributed by atoms with Gasteiger partial charge in [-0.2, -0.15) is 0 Å². The fourth-order valence-corrected chi connectivity index (χ4v) is 2.33. The van der Waals surface area contributed by atoms with E-state index in [2.05, 4.69) is 10.4 Å². The van der Waals surface area contributed by atoms with Crippen LogP contribution in [0.15, 0.2) is 24.3 Å². The number of halogens is 1. The summed E-state index contributed by atoms with van der Waals surface area (Å²) in [7, 11) is 0. The first-order chi connectivity index (χ1) is 8.78. The summed E-state index contributed by atoms with van der Waals surface area (Å²) in [6, 6.07) is 6.46. The zero-order valence-corrected chi connectivity index (χ0v) is 9.82. The number of fused-ring (bicyclic) bond motifs is 1. The number of ether oxygens (including phenoxy) is 1. The van der Waals surface area contributed by atoms with Crippen molar-refractivity contribution in [3.8, 4) is 0 Å². The van der Waals surface area contributed by atoms with Crippen molar-refractivity contribution in [1.29, 1.82) is 0 Å². The van der Waals surface area contributed by atoms with Gasteiger partial charge in [-0.05, 0) is 24.6 Å². The lowest BCUT2D eigenvalue weighted by Crippen LogP contribution is -2.13. The molecule has 1 aliphatic heterocycles. The van der Waals surface area contributed by atoms with E-state index in [-0.39, 0.29) is 11.7 Å². The molecule has 0 amide bonds. The van der Waals surface area contributed by atoms with Gasteiger partial charge in [0.05, 0.1) is 23.5 Å². The lowest BCUT2D eigenvalue weighted by molar-refractivity contribution is 0.193. The van der Waals surface area contributed by atoms with Gasteiger partial charge in [-0.1, -0.05) is 0 Å². The van der Waals surface area contributed by atoms with Crippen molar-refractivity contribution < 1.29 is 9.13 Å². The van der Waals surface area contributed by atoms with Crippen LogP contribution in [0.5, 0.6) is 0 Å². The molecule has 3 rings (SSSR count). The number of benzene rings is 1. The van der Waals surface area contributed by atoms with E-state index < -0.39 is 0 Å². The molecule has 0 aliphatic carbocycles. The Hall–Kier alpha value is -1.72. The standard InChI is InChI=1S/C13H14FN3O/c14-10-2-1-8-5-12(17-15)13(16-11(8)6-10)9-3-4-18-7-9/h1-2,5-6,9,17H,3-4,7,15H2. The quantitative estimate of drug-likeness (QED) is 0.630. The minimum Gasteiger partial charge on any atom is -0.381 e. The summed E-state index contributed by atoms with van der Waals surface area (Å²) in [5, 5.41) is 0.868. The van der Waals surface area contributed by atoms with E-state index in [1.54, 1.807) is 6.07 Å². The van der Waals surface area contributed by atoms with Crippen molar-refractivity contribution in [1.82, 2.24) is 4.98 Å². The van der Waals surface area contributed by atoms with Crippen molar-refractivity contribution >= 4 is 16.6 Å². The van der Waals surface area contributed by atoms with Gasteiger partial charge in [-0.3, -0.25) is 10.8 Å². The highest BCUT2D eigenvalue weighted by Crippen LogP contribution is 2.31. The molecule has 1 aromatic heterocycles. The van der Waals surface area contributed by atoms with E-state index >= 15 is 0 Å². The maximum Gasteiger partial charge on any atom is 0.125 e. The predicted molar refractivity (Wildman–Crippen MR) is 67.7 cm³/mol. The first kappa shape index (κ1) is 11.4. The molecular formula is C13H14FN3O. The van der Waals surface area contributed by atoms with Crippen LogP contribution in [0.1, 0.15) is 18.0 Å². The molecule has 18 heavy (non-hydrogen) atoms. The number of aromatic nitrogens is 1.